The summed E-state index contributed by atoms with van der Waals surface area (Å²) >= 11 is 7.56. The summed E-state index contributed by atoms with van der Waals surface area (Å²) in [7, 11) is 0. The van der Waals surface area contributed by atoms with Gasteiger partial charge in [0.1, 0.15) is 17.7 Å². The van der Waals surface area contributed by atoms with E-state index in [9.17, 15) is 4.39 Å². The molecule has 0 unspecified atom stereocenters. The number of para-hydroxylation sites is 1. The van der Waals surface area contributed by atoms with E-state index in [-0.39, 0.29) is 5.82 Å². The van der Waals surface area contributed by atoms with Gasteiger partial charge in [-0.15, -0.1) is 11.3 Å². The Hall–Kier alpha value is -2.43. The van der Waals surface area contributed by atoms with Crippen LogP contribution in [0.3, 0.4) is 0 Å². The van der Waals surface area contributed by atoms with Crippen LogP contribution in [-0.4, -0.2) is 9.78 Å². The highest BCUT2D eigenvalue weighted by Gasteiger charge is 2.19. The van der Waals surface area contributed by atoms with Gasteiger partial charge in [-0.1, -0.05) is 41.9 Å². The molecule has 4 aromatic rings. The third kappa shape index (κ3) is 2.64. The van der Waals surface area contributed by atoms with Crippen LogP contribution in [0, 0.1) is 12.0 Å². The molecule has 1 radical (unpaired) electrons. The fraction of sp³-hybridized carbons (Fsp3) is 0. The maximum absolute atomic E-state index is 14.3. The molecule has 0 N–H and O–H groups in total. The minimum Gasteiger partial charge on any atom is -0.228 e. The summed E-state index contributed by atoms with van der Waals surface area (Å²) in [5, 5.41) is 6.98. The molecule has 0 saturated heterocycles. The molecular weight excluding hydrogens is 343 g/mol. The van der Waals surface area contributed by atoms with Crippen molar-refractivity contribution in [2.45, 2.75) is 0 Å². The van der Waals surface area contributed by atoms with Crippen LogP contribution in [-0.2, 0) is 0 Å². The first-order valence-electron chi connectivity index (χ1n) is 7.29. The molecule has 2 nitrogen and oxygen atoms in total. The Labute approximate surface area is 147 Å². The summed E-state index contributed by atoms with van der Waals surface area (Å²) in [6.07, 6.45) is 3.03. The molecule has 2 aromatic carbocycles. The van der Waals surface area contributed by atoms with Gasteiger partial charge in [0, 0.05) is 10.6 Å². The highest BCUT2D eigenvalue weighted by Crippen LogP contribution is 2.36. The number of nitrogens with zero attached hydrogens (tertiary/aromatic N) is 2. The summed E-state index contributed by atoms with van der Waals surface area (Å²) in [4.78, 5) is 0.997. The van der Waals surface area contributed by atoms with Crippen LogP contribution >= 0.6 is 22.9 Å². The highest BCUT2D eigenvalue weighted by atomic mass is 35.5. The smallest absolute Gasteiger partial charge is 0.148 e. The van der Waals surface area contributed by atoms with E-state index in [1.807, 2.05) is 41.8 Å². The van der Waals surface area contributed by atoms with Crippen molar-refractivity contribution in [2.75, 3.05) is 0 Å². The first kappa shape index (κ1) is 15.1. The van der Waals surface area contributed by atoms with Crippen LogP contribution in [0.25, 0.3) is 27.4 Å². The molecule has 0 amide bonds. The topological polar surface area (TPSA) is 17.8 Å². The number of hydrogen-bond acceptors (Lipinski definition) is 2. The standard InChI is InChI=1S/C19H11ClFN2S/c20-14-9-7-13(8-10-14)15-12-22-23(17-5-2-1-4-16(17)21)19(15)18-6-3-11-24-18/h1-11H. The lowest BCUT2D eigenvalue weighted by molar-refractivity contribution is 0.611. The van der Waals surface area contributed by atoms with E-state index in [4.69, 9.17) is 11.6 Å². The molecule has 2 heterocycles. The van der Waals surface area contributed by atoms with Crippen LogP contribution < -0.4 is 0 Å². The second-order valence-corrected chi connectivity index (χ2v) is 6.57. The molecule has 0 spiro atoms. The molecule has 117 valence electrons. The lowest BCUT2D eigenvalue weighted by Gasteiger charge is -2.09. The molecule has 0 fully saturated rings. The zero-order chi connectivity index (χ0) is 16.5. The van der Waals surface area contributed by atoms with Crippen molar-refractivity contribution in [3.05, 3.63) is 83.1 Å². The number of thiophene rings is 1. The van der Waals surface area contributed by atoms with Gasteiger partial charge in [0.15, 0.2) is 0 Å². The molecule has 4 rings (SSSR count). The summed E-state index contributed by atoms with van der Waals surface area (Å²) in [5.41, 5.74) is 2.97. The fourth-order valence-electron chi connectivity index (χ4n) is 2.57. The van der Waals surface area contributed by atoms with Gasteiger partial charge in [-0.25, -0.2) is 9.07 Å². The highest BCUT2D eigenvalue weighted by molar-refractivity contribution is 7.13. The van der Waals surface area contributed by atoms with Gasteiger partial charge in [-0.05, 0) is 41.3 Å². The van der Waals surface area contributed by atoms with Crippen molar-refractivity contribution in [3.8, 4) is 27.4 Å². The van der Waals surface area contributed by atoms with Gasteiger partial charge in [0.25, 0.3) is 0 Å². The molecule has 0 atom stereocenters. The molecule has 2 aromatic heterocycles. The van der Waals surface area contributed by atoms with Crippen LogP contribution in [0.2, 0.25) is 5.02 Å². The van der Waals surface area contributed by atoms with Crippen molar-refractivity contribution < 1.29 is 4.39 Å². The minimum atomic E-state index is -0.325. The third-order valence-corrected chi connectivity index (χ3v) is 4.81. The second kappa shape index (κ2) is 6.23. The van der Waals surface area contributed by atoms with Gasteiger partial charge in [-0.3, -0.25) is 0 Å². The lowest BCUT2D eigenvalue weighted by Crippen LogP contribution is -2.01. The molecular formula is C19H11ClFN2S. The first-order chi connectivity index (χ1) is 11.7. The average Bonchev–Trinajstić information content (AvgIpc) is 3.25. The van der Waals surface area contributed by atoms with Gasteiger partial charge in [0.05, 0.1) is 10.6 Å². The normalized spacial score (nSPS) is 10.9. The van der Waals surface area contributed by atoms with E-state index in [1.54, 1.807) is 34.2 Å². The summed E-state index contributed by atoms with van der Waals surface area (Å²) in [6.45, 7) is 0. The molecule has 5 heteroatoms. The number of hydrogen-bond donors (Lipinski definition) is 0. The number of halogens is 2. The van der Waals surface area contributed by atoms with Crippen molar-refractivity contribution in [3.63, 3.8) is 0 Å². The van der Waals surface area contributed by atoms with Crippen LogP contribution in [0.1, 0.15) is 0 Å². The Kier molecular flexibility index (Phi) is 3.92. The van der Waals surface area contributed by atoms with E-state index in [2.05, 4.69) is 11.3 Å². The number of aromatic nitrogens is 2. The van der Waals surface area contributed by atoms with Gasteiger partial charge < -0.3 is 0 Å². The molecule has 0 saturated carbocycles. The molecule has 0 bridgehead atoms. The minimum absolute atomic E-state index is 0.325. The number of rotatable bonds is 3. The van der Waals surface area contributed by atoms with E-state index in [0.717, 1.165) is 21.7 Å². The predicted molar refractivity (Wildman–Crippen MR) is 96.1 cm³/mol. The second-order valence-electron chi connectivity index (χ2n) is 5.18. The summed E-state index contributed by atoms with van der Waals surface area (Å²) in [5.74, 6) is -0.325. The van der Waals surface area contributed by atoms with Gasteiger partial charge >= 0.3 is 0 Å². The van der Waals surface area contributed by atoms with Gasteiger partial charge in [-0.2, -0.15) is 5.10 Å². The van der Waals surface area contributed by atoms with Crippen molar-refractivity contribution in [1.29, 1.82) is 0 Å². The monoisotopic (exact) mass is 353 g/mol. The SMILES string of the molecule is Fc1ccccc1-n1n[c]c(-c2ccc(Cl)cc2)c1-c1cccs1. The van der Waals surface area contributed by atoms with Gasteiger partial charge in [0.2, 0.25) is 0 Å². The Morgan fingerprint density at radius 1 is 1.00 bits per heavy atom. The number of benzene rings is 2. The van der Waals surface area contributed by atoms with Crippen molar-refractivity contribution >= 4 is 22.9 Å². The van der Waals surface area contributed by atoms with E-state index in [1.165, 1.54) is 6.07 Å². The Balaban J connectivity index is 1.96. The van der Waals surface area contributed by atoms with Crippen LogP contribution in [0.15, 0.2) is 66.0 Å². The molecule has 0 aliphatic carbocycles. The van der Waals surface area contributed by atoms with Crippen molar-refractivity contribution in [2.24, 2.45) is 0 Å². The zero-order valence-electron chi connectivity index (χ0n) is 12.4. The maximum atomic E-state index is 14.3. The average molecular weight is 354 g/mol. The molecule has 0 aliphatic heterocycles. The Morgan fingerprint density at radius 2 is 1.79 bits per heavy atom. The maximum Gasteiger partial charge on any atom is 0.148 e. The Morgan fingerprint density at radius 3 is 2.50 bits per heavy atom. The lowest BCUT2D eigenvalue weighted by atomic mass is 10.1. The van der Waals surface area contributed by atoms with Crippen LogP contribution in [0.5, 0.6) is 0 Å². The van der Waals surface area contributed by atoms with E-state index >= 15 is 0 Å². The van der Waals surface area contributed by atoms with E-state index in [0.29, 0.717) is 10.7 Å². The zero-order valence-corrected chi connectivity index (χ0v) is 14.0. The first-order valence-corrected chi connectivity index (χ1v) is 8.55. The molecule has 0 aliphatic rings. The Bertz CT molecular complexity index is 975. The van der Waals surface area contributed by atoms with E-state index < -0.39 is 0 Å². The largest absolute Gasteiger partial charge is 0.228 e. The van der Waals surface area contributed by atoms with Crippen LogP contribution in [0.4, 0.5) is 4.39 Å². The summed E-state index contributed by atoms with van der Waals surface area (Å²) < 4.78 is 15.9. The predicted octanol–water partition coefficient (Wildman–Crippen LogP) is 5.86. The molecule has 24 heavy (non-hydrogen) atoms. The van der Waals surface area contributed by atoms with Crippen molar-refractivity contribution in [1.82, 2.24) is 9.78 Å². The quantitative estimate of drug-likeness (QED) is 0.451. The fourth-order valence-corrected chi connectivity index (χ4v) is 3.45. The third-order valence-electron chi connectivity index (χ3n) is 3.68. The summed E-state index contributed by atoms with van der Waals surface area (Å²) in [6, 6.07) is 18.0.